The Morgan fingerprint density at radius 3 is 2.29 bits per heavy atom. The van der Waals surface area contributed by atoms with Crippen molar-refractivity contribution in [2.45, 2.75) is 17.6 Å². The number of carbonyl (C=O) groups is 1. The van der Waals surface area contributed by atoms with E-state index < -0.39 is 33.5 Å². The molecule has 2 N–H and O–H groups in total. The molecule has 0 saturated heterocycles. The van der Waals surface area contributed by atoms with Gasteiger partial charge in [0.15, 0.2) is 0 Å². The van der Waals surface area contributed by atoms with Gasteiger partial charge in [0, 0.05) is 31.9 Å². The number of nitrogens with zero attached hydrogens (tertiary/aromatic N) is 1. The number of hydrogen-bond donors (Lipinski definition) is 2. The SMILES string of the molecule is CN(C)c1ccc(CNC(=O)c2cccc(S(=O)(=O)NCC(F)(F)F)c2)cc1. The smallest absolute Gasteiger partial charge is 0.378 e. The molecule has 0 fully saturated rings. The third-order valence-electron chi connectivity index (χ3n) is 3.77. The van der Waals surface area contributed by atoms with Gasteiger partial charge in [-0.25, -0.2) is 13.1 Å². The van der Waals surface area contributed by atoms with Crippen molar-refractivity contribution < 1.29 is 26.4 Å². The number of nitrogens with one attached hydrogen (secondary N) is 2. The van der Waals surface area contributed by atoms with Gasteiger partial charge in [0.2, 0.25) is 10.0 Å². The molecule has 28 heavy (non-hydrogen) atoms. The summed E-state index contributed by atoms with van der Waals surface area (Å²) in [4.78, 5) is 13.8. The Morgan fingerprint density at radius 2 is 1.71 bits per heavy atom. The number of hydrogen-bond acceptors (Lipinski definition) is 4. The minimum atomic E-state index is -4.68. The Morgan fingerprint density at radius 1 is 1.07 bits per heavy atom. The summed E-state index contributed by atoms with van der Waals surface area (Å²) in [5.41, 5.74) is 1.87. The number of anilines is 1. The molecule has 0 saturated carbocycles. The van der Waals surface area contributed by atoms with Gasteiger partial charge in [-0.2, -0.15) is 13.2 Å². The highest BCUT2D eigenvalue weighted by Gasteiger charge is 2.30. The van der Waals surface area contributed by atoms with Gasteiger partial charge in [-0.3, -0.25) is 4.79 Å². The fourth-order valence-electron chi connectivity index (χ4n) is 2.26. The van der Waals surface area contributed by atoms with Crippen molar-refractivity contribution in [1.29, 1.82) is 0 Å². The first-order chi connectivity index (χ1) is 13.0. The second kappa shape index (κ2) is 8.61. The van der Waals surface area contributed by atoms with Crippen molar-refractivity contribution >= 4 is 21.6 Å². The average Bonchev–Trinajstić information content (AvgIpc) is 2.64. The summed E-state index contributed by atoms with van der Waals surface area (Å²) in [6.07, 6.45) is -4.68. The van der Waals surface area contributed by atoms with Gasteiger partial charge in [-0.05, 0) is 35.9 Å². The van der Waals surface area contributed by atoms with E-state index in [2.05, 4.69) is 5.32 Å². The Balaban J connectivity index is 2.05. The zero-order chi connectivity index (χ0) is 20.9. The lowest BCUT2D eigenvalue weighted by atomic mass is 10.1. The molecule has 0 aliphatic carbocycles. The second-order valence-electron chi connectivity index (χ2n) is 6.21. The van der Waals surface area contributed by atoms with Crippen LogP contribution in [0, 0.1) is 0 Å². The molecule has 0 aliphatic rings. The zero-order valence-corrected chi connectivity index (χ0v) is 16.1. The molecule has 0 bridgehead atoms. The van der Waals surface area contributed by atoms with Crippen molar-refractivity contribution in [3.63, 3.8) is 0 Å². The van der Waals surface area contributed by atoms with Crippen LogP contribution in [0.2, 0.25) is 0 Å². The van der Waals surface area contributed by atoms with Crippen molar-refractivity contribution in [3.05, 3.63) is 59.7 Å². The predicted molar refractivity (Wildman–Crippen MR) is 99.6 cm³/mol. The highest BCUT2D eigenvalue weighted by Crippen LogP contribution is 2.16. The fourth-order valence-corrected chi connectivity index (χ4v) is 3.32. The van der Waals surface area contributed by atoms with Crippen molar-refractivity contribution in [2.75, 3.05) is 25.5 Å². The number of amides is 1. The maximum Gasteiger partial charge on any atom is 0.402 e. The second-order valence-corrected chi connectivity index (χ2v) is 7.98. The molecular weight excluding hydrogens is 395 g/mol. The van der Waals surface area contributed by atoms with E-state index in [0.29, 0.717) is 0 Å². The summed E-state index contributed by atoms with van der Waals surface area (Å²) in [6, 6.07) is 12.3. The van der Waals surface area contributed by atoms with E-state index in [0.717, 1.165) is 23.4 Å². The van der Waals surface area contributed by atoms with Crippen molar-refractivity contribution in [3.8, 4) is 0 Å². The number of alkyl halides is 3. The first-order valence-electron chi connectivity index (χ1n) is 8.19. The van der Waals surface area contributed by atoms with Crippen LogP contribution in [0.1, 0.15) is 15.9 Å². The van der Waals surface area contributed by atoms with E-state index in [9.17, 15) is 26.4 Å². The summed E-state index contributed by atoms with van der Waals surface area (Å²) in [5, 5.41) is 2.65. The molecule has 2 aromatic rings. The lowest BCUT2D eigenvalue weighted by Gasteiger charge is -2.13. The maximum absolute atomic E-state index is 12.3. The first-order valence-corrected chi connectivity index (χ1v) is 9.67. The Bertz CT molecular complexity index is 927. The minimum Gasteiger partial charge on any atom is -0.378 e. The lowest BCUT2D eigenvalue weighted by Crippen LogP contribution is -2.34. The van der Waals surface area contributed by atoms with Crippen LogP contribution in [-0.4, -0.2) is 41.1 Å². The van der Waals surface area contributed by atoms with Gasteiger partial charge in [0.05, 0.1) is 4.90 Å². The number of rotatable bonds is 7. The first kappa shape index (κ1) is 21.7. The topological polar surface area (TPSA) is 78.5 Å². The van der Waals surface area contributed by atoms with Crippen LogP contribution in [0.15, 0.2) is 53.4 Å². The Labute approximate surface area is 161 Å². The number of sulfonamides is 1. The van der Waals surface area contributed by atoms with Crippen LogP contribution in [0.25, 0.3) is 0 Å². The molecule has 10 heteroatoms. The van der Waals surface area contributed by atoms with Gasteiger partial charge < -0.3 is 10.2 Å². The number of halogens is 3. The molecule has 0 unspecified atom stereocenters. The summed E-state index contributed by atoms with van der Waals surface area (Å²) >= 11 is 0. The normalized spacial score (nSPS) is 11.9. The van der Waals surface area contributed by atoms with E-state index >= 15 is 0 Å². The molecule has 0 aromatic heterocycles. The lowest BCUT2D eigenvalue weighted by molar-refractivity contribution is -0.121. The van der Waals surface area contributed by atoms with E-state index in [4.69, 9.17) is 0 Å². The molecule has 2 aromatic carbocycles. The fraction of sp³-hybridized carbons (Fsp3) is 0.278. The molecule has 2 rings (SSSR count). The zero-order valence-electron chi connectivity index (χ0n) is 15.2. The molecule has 0 aliphatic heterocycles. The van der Waals surface area contributed by atoms with E-state index in [1.807, 2.05) is 43.3 Å². The van der Waals surface area contributed by atoms with Crippen LogP contribution in [0.4, 0.5) is 18.9 Å². The van der Waals surface area contributed by atoms with Gasteiger partial charge in [-0.15, -0.1) is 0 Å². The summed E-state index contributed by atoms with van der Waals surface area (Å²) in [7, 11) is -0.576. The molecule has 6 nitrogen and oxygen atoms in total. The molecule has 0 atom stereocenters. The van der Waals surface area contributed by atoms with Crippen LogP contribution in [0.5, 0.6) is 0 Å². The third kappa shape index (κ3) is 6.24. The van der Waals surface area contributed by atoms with Crippen LogP contribution in [-0.2, 0) is 16.6 Å². The van der Waals surface area contributed by atoms with E-state index in [1.165, 1.54) is 16.9 Å². The highest BCUT2D eigenvalue weighted by molar-refractivity contribution is 7.89. The molecule has 0 heterocycles. The summed E-state index contributed by atoms with van der Waals surface area (Å²) in [5.74, 6) is -0.537. The molecule has 0 radical (unpaired) electrons. The number of benzene rings is 2. The van der Waals surface area contributed by atoms with Gasteiger partial charge in [-0.1, -0.05) is 18.2 Å². The largest absolute Gasteiger partial charge is 0.402 e. The summed E-state index contributed by atoms with van der Waals surface area (Å²) < 4.78 is 62.1. The number of carbonyl (C=O) groups excluding carboxylic acids is 1. The monoisotopic (exact) mass is 415 g/mol. The van der Waals surface area contributed by atoms with E-state index in [-0.39, 0.29) is 12.1 Å². The summed E-state index contributed by atoms with van der Waals surface area (Å²) in [6.45, 7) is -1.47. The standard InChI is InChI=1S/C18H20F3N3O3S/c1-24(2)15-8-6-13(7-9-15)11-22-17(25)14-4-3-5-16(10-14)28(26,27)23-12-18(19,20)21/h3-10,23H,11-12H2,1-2H3,(H,22,25). The predicted octanol–water partition coefficient (Wildman–Crippen LogP) is 2.52. The molecule has 0 spiro atoms. The maximum atomic E-state index is 12.3. The average molecular weight is 415 g/mol. The molecule has 1 amide bonds. The molecular formula is C18H20F3N3O3S. The van der Waals surface area contributed by atoms with Gasteiger partial charge in [0.1, 0.15) is 6.54 Å². The van der Waals surface area contributed by atoms with Gasteiger partial charge in [0.25, 0.3) is 5.91 Å². The van der Waals surface area contributed by atoms with E-state index in [1.54, 1.807) is 0 Å². The van der Waals surface area contributed by atoms with Gasteiger partial charge >= 0.3 is 6.18 Å². The Hall–Kier alpha value is -2.59. The van der Waals surface area contributed by atoms with Crippen LogP contribution >= 0.6 is 0 Å². The van der Waals surface area contributed by atoms with Crippen molar-refractivity contribution in [1.82, 2.24) is 10.0 Å². The molecule has 152 valence electrons. The third-order valence-corrected chi connectivity index (χ3v) is 5.17. The Kier molecular flexibility index (Phi) is 6.68. The minimum absolute atomic E-state index is 0.0276. The van der Waals surface area contributed by atoms with Crippen LogP contribution in [0.3, 0.4) is 0 Å². The van der Waals surface area contributed by atoms with Crippen molar-refractivity contribution in [2.24, 2.45) is 0 Å². The van der Waals surface area contributed by atoms with Crippen LogP contribution < -0.4 is 14.9 Å². The quantitative estimate of drug-likeness (QED) is 0.729. The highest BCUT2D eigenvalue weighted by atomic mass is 32.2.